The van der Waals surface area contributed by atoms with Crippen molar-refractivity contribution in [3.8, 4) is 11.1 Å². The smallest absolute Gasteiger partial charge is 0.269 e. The molecule has 3 aromatic rings. The second-order valence-corrected chi connectivity index (χ2v) is 7.45. The van der Waals surface area contributed by atoms with E-state index in [-0.39, 0.29) is 11.8 Å². The van der Waals surface area contributed by atoms with Crippen LogP contribution in [0.3, 0.4) is 0 Å². The van der Waals surface area contributed by atoms with Gasteiger partial charge in [-0.05, 0) is 47.7 Å². The highest BCUT2D eigenvalue weighted by Gasteiger charge is 2.45. The van der Waals surface area contributed by atoms with Gasteiger partial charge in [-0.15, -0.1) is 0 Å². The molecule has 2 N–H and O–H groups in total. The summed E-state index contributed by atoms with van der Waals surface area (Å²) in [5, 5.41) is 5.51. The van der Waals surface area contributed by atoms with E-state index in [9.17, 15) is 9.59 Å². The number of carbonyl (C=O) groups excluding carboxylic acids is 2. The highest BCUT2D eigenvalue weighted by atomic mass is 16.2. The lowest BCUT2D eigenvalue weighted by Gasteiger charge is -2.40. The third-order valence-electron chi connectivity index (χ3n) is 5.66. The highest BCUT2D eigenvalue weighted by molar-refractivity contribution is 6.32. The molecule has 7 heteroatoms. The predicted molar refractivity (Wildman–Crippen MR) is 117 cm³/mol. The lowest BCUT2D eigenvalue weighted by molar-refractivity contribution is -0.124. The fourth-order valence-corrected chi connectivity index (χ4v) is 3.74. The van der Waals surface area contributed by atoms with Crippen LogP contribution in [0.2, 0.25) is 0 Å². The number of hydrogen-bond donors (Lipinski definition) is 2. The van der Waals surface area contributed by atoms with E-state index in [1.54, 1.807) is 31.4 Å². The van der Waals surface area contributed by atoms with E-state index in [2.05, 4.69) is 20.6 Å². The molecule has 2 aromatic heterocycles. The van der Waals surface area contributed by atoms with Crippen molar-refractivity contribution < 1.29 is 9.59 Å². The molecule has 6 nitrogen and oxygen atoms in total. The van der Waals surface area contributed by atoms with Gasteiger partial charge in [-0.2, -0.15) is 0 Å². The largest absolute Gasteiger partial charge is 0.354 e. The molecular weight excluding hydrogens is 375 g/mol. The minimum atomic E-state index is -0.549. The molecule has 2 amide bonds. The summed E-state index contributed by atoms with van der Waals surface area (Å²) >= 11 is 0. The monoisotopic (exact) mass is 396 g/mol. The molecule has 0 saturated heterocycles. The first-order valence-corrected chi connectivity index (χ1v) is 9.84. The van der Waals surface area contributed by atoms with Gasteiger partial charge in [0.15, 0.2) is 0 Å². The molecule has 0 unspecified atom stereocenters. The maximum atomic E-state index is 13.1. The molecule has 1 aliphatic carbocycles. The van der Waals surface area contributed by atoms with Crippen LogP contribution in [0.25, 0.3) is 11.1 Å². The molecule has 0 atom stereocenters. The number of nitrogens with one attached hydrogen (secondary N) is 2. The van der Waals surface area contributed by atoms with Gasteiger partial charge in [-0.1, -0.05) is 42.2 Å². The van der Waals surface area contributed by atoms with E-state index >= 15 is 0 Å². The van der Waals surface area contributed by atoms with Gasteiger partial charge in [0, 0.05) is 19.4 Å². The average molecular weight is 396 g/mol. The van der Waals surface area contributed by atoms with Crippen molar-refractivity contribution in [1.29, 1.82) is 0 Å². The van der Waals surface area contributed by atoms with E-state index in [4.69, 9.17) is 7.85 Å². The Kier molecular flexibility index (Phi) is 5.36. The van der Waals surface area contributed by atoms with E-state index in [1.165, 1.54) is 6.20 Å². The number of benzene rings is 1. The van der Waals surface area contributed by atoms with Crippen LogP contribution in [0.5, 0.6) is 0 Å². The quantitative estimate of drug-likeness (QED) is 0.649. The second-order valence-electron chi connectivity index (χ2n) is 7.45. The minimum Gasteiger partial charge on any atom is -0.354 e. The van der Waals surface area contributed by atoms with Crippen LogP contribution in [0.15, 0.2) is 60.9 Å². The van der Waals surface area contributed by atoms with Crippen molar-refractivity contribution in [2.75, 3.05) is 12.4 Å². The summed E-state index contributed by atoms with van der Waals surface area (Å²) < 4.78 is 0. The lowest BCUT2D eigenvalue weighted by atomic mass is 9.63. The lowest BCUT2D eigenvalue weighted by Crippen LogP contribution is -2.46. The van der Waals surface area contributed by atoms with Gasteiger partial charge in [0.2, 0.25) is 5.91 Å². The predicted octanol–water partition coefficient (Wildman–Crippen LogP) is 2.36. The fraction of sp³-hybridized carbons (Fsp3) is 0.217. The molecular formula is C23H21BN4O2. The van der Waals surface area contributed by atoms with Crippen LogP contribution in [-0.4, -0.2) is 36.7 Å². The second kappa shape index (κ2) is 8.10. The number of carbonyl (C=O) groups is 2. The normalized spacial score (nSPS) is 14.4. The average Bonchev–Trinajstić information content (AvgIpc) is 2.74. The van der Waals surface area contributed by atoms with Crippen LogP contribution in [0, 0.1) is 0 Å². The molecule has 148 valence electrons. The van der Waals surface area contributed by atoms with Crippen LogP contribution < -0.4 is 16.1 Å². The first kappa shape index (κ1) is 19.8. The summed E-state index contributed by atoms with van der Waals surface area (Å²) in [7, 11) is 7.24. The van der Waals surface area contributed by atoms with E-state index in [1.807, 2.05) is 30.3 Å². The zero-order valence-electron chi connectivity index (χ0n) is 16.7. The number of hydrogen-bond acceptors (Lipinski definition) is 4. The van der Waals surface area contributed by atoms with Crippen molar-refractivity contribution in [2.45, 2.75) is 24.7 Å². The van der Waals surface area contributed by atoms with Crippen molar-refractivity contribution in [3.05, 3.63) is 72.2 Å². The fourth-order valence-electron chi connectivity index (χ4n) is 3.74. The number of amides is 2. The zero-order chi connectivity index (χ0) is 21.1. The zero-order valence-corrected chi connectivity index (χ0v) is 16.7. The standard InChI is InChI=1S/C23H21BN4O2/c1-25-21(29)19-13-16(9-12-26-19)15-3-5-17(6-4-15)23(10-2-11-23)22(30)28-20-8-7-18(24)14-27-20/h3-9,12-14H,2,10-11H2,1H3,(H,25,29)(H,27,28,30). The minimum absolute atomic E-state index is 0.0513. The Hall–Kier alpha value is -3.48. The number of pyridine rings is 2. The molecule has 0 bridgehead atoms. The van der Waals surface area contributed by atoms with Crippen molar-refractivity contribution in [1.82, 2.24) is 15.3 Å². The van der Waals surface area contributed by atoms with Gasteiger partial charge < -0.3 is 10.6 Å². The van der Waals surface area contributed by atoms with Crippen LogP contribution in [0.4, 0.5) is 5.82 Å². The first-order valence-electron chi connectivity index (χ1n) is 9.84. The molecule has 1 aromatic carbocycles. The maximum absolute atomic E-state index is 13.1. The molecule has 4 rings (SSSR count). The Morgan fingerprint density at radius 2 is 1.77 bits per heavy atom. The Morgan fingerprint density at radius 3 is 2.37 bits per heavy atom. The van der Waals surface area contributed by atoms with E-state index < -0.39 is 5.41 Å². The summed E-state index contributed by atoms with van der Waals surface area (Å²) in [5.74, 6) is 0.218. The molecule has 2 heterocycles. The summed E-state index contributed by atoms with van der Waals surface area (Å²) in [6.45, 7) is 0. The molecule has 1 aliphatic rings. The van der Waals surface area contributed by atoms with Crippen LogP contribution in [-0.2, 0) is 10.2 Å². The molecule has 1 saturated carbocycles. The third kappa shape index (κ3) is 3.71. The Bertz CT molecular complexity index is 1080. The number of anilines is 1. The van der Waals surface area contributed by atoms with Crippen LogP contribution in [0.1, 0.15) is 35.3 Å². The SMILES string of the molecule is [B]c1ccc(NC(=O)C2(c3ccc(-c4ccnc(C(=O)NC)c4)cc3)CCC2)nc1. The third-order valence-corrected chi connectivity index (χ3v) is 5.66. The molecule has 2 radical (unpaired) electrons. The topological polar surface area (TPSA) is 84.0 Å². The molecule has 30 heavy (non-hydrogen) atoms. The Labute approximate surface area is 176 Å². The number of aromatic nitrogens is 2. The van der Waals surface area contributed by atoms with Gasteiger partial charge in [0.1, 0.15) is 19.4 Å². The van der Waals surface area contributed by atoms with E-state index in [0.29, 0.717) is 17.0 Å². The molecule has 0 spiro atoms. The van der Waals surface area contributed by atoms with E-state index in [0.717, 1.165) is 36.0 Å². The van der Waals surface area contributed by atoms with Crippen molar-refractivity contribution >= 4 is 30.9 Å². The first-order chi connectivity index (χ1) is 14.5. The highest BCUT2D eigenvalue weighted by Crippen LogP contribution is 2.45. The maximum Gasteiger partial charge on any atom is 0.269 e. The Balaban J connectivity index is 1.57. The van der Waals surface area contributed by atoms with Gasteiger partial charge in [-0.3, -0.25) is 14.6 Å². The summed E-state index contributed by atoms with van der Waals surface area (Å²) in [6.07, 6.45) is 5.74. The molecule has 0 aliphatic heterocycles. The summed E-state index contributed by atoms with van der Waals surface area (Å²) in [5.41, 5.74) is 3.20. The summed E-state index contributed by atoms with van der Waals surface area (Å²) in [4.78, 5) is 33.2. The number of rotatable bonds is 5. The molecule has 1 fully saturated rings. The van der Waals surface area contributed by atoms with Gasteiger partial charge in [0.25, 0.3) is 5.91 Å². The number of nitrogens with zero attached hydrogens (tertiary/aromatic N) is 2. The Morgan fingerprint density at radius 1 is 1.00 bits per heavy atom. The van der Waals surface area contributed by atoms with Crippen LogP contribution >= 0.6 is 0 Å². The van der Waals surface area contributed by atoms with Gasteiger partial charge >= 0.3 is 0 Å². The van der Waals surface area contributed by atoms with Gasteiger partial charge in [0.05, 0.1) is 5.41 Å². The van der Waals surface area contributed by atoms with Gasteiger partial charge in [-0.25, -0.2) is 4.98 Å². The summed E-state index contributed by atoms with van der Waals surface area (Å²) in [6, 6.07) is 15.0. The van der Waals surface area contributed by atoms with Crippen molar-refractivity contribution in [2.24, 2.45) is 0 Å². The van der Waals surface area contributed by atoms with Crippen molar-refractivity contribution in [3.63, 3.8) is 0 Å².